The molecule has 49 heavy (non-hydrogen) atoms. The quantitative estimate of drug-likeness (QED) is 0.198. The molecule has 2 amide bonds. The van der Waals surface area contributed by atoms with Crippen LogP contribution >= 0.6 is 0 Å². The summed E-state index contributed by atoms with van der Waals surface area (Å²) in [7, 11) is 4.76. The van der Waals surface area contributed by atoms with Crippen molar-refractivity contribution in [1.29, 1.82) is 0 Å². The van der Waals surface area contributed by atoms with Gasteiger partial charge in [0.05, 0.1) is 51.2 Å². The van der Waals surface area contributed by atoms with Gasteiger partial charge in [-0.05, 0) is 56.0 Å². The molecule has 260 valence electrons. The second-order valence-electron chi connectivity index (χ2n) is 13.1. The SMILES string of the molecule is COc1cc(/C=C/C(=O)N2CCN(CC(=O)N3CCCC3)CC2)c(-n2c3cc(OCC(C)C)ccc3c3ccnc(C)c32)c(OC)c1OC. The fourth-order valence-electron chi connectivity index (χ4n) is 6.86. The van der Waals surface area contributed by atoms with E-state index in [1.807, 2.05) is 53.3 Å². The van der Waals surface area contributed by atoms with Crippen LogP contribution in [-0.2, 0) is 9.59 Å². The Morgan fingerprint density at radius 2 is 1.61 bits per heavy atom. The Kier molecular flexibility index (Phi) is 10.3. The van der Waals surface area contributed by atoms with E-state index in [0.29, 0.717) is 73.7 Å². The van der Waals surface area contributed by atoms with Crippen LogP contribution < -0.4 is 18.9 Å². The van der Waals surface area contributed by atoms with Gasteiger partial charge in [0.15, 0.2) is 11.5 Å². The van der Waals surface area contributed by atoms with Crippen molar-refractivity contribution in [2.45, 2.75) is 33.6 Å². The van der Waals surface area contributed by atoms with E-state index in [1.54, 1.807) is 27.4 Å². The summed E-state index contributed by atoms with van der Waals surface area (Å²) in [5.41, 5.74) is 4.03. The summed E-state index contributed by atoms with van der Waals surface area (Å²) in [6.45, 7) is 11.3. The van der Waals surface area contributed by atoms with Gasteiger partial charge in [-0.15, -0.1) is 0 Å². The molecule has 4 heterocycles. The summed E-state index contributed by atoms with van der Waals surface area (Å²) in [6.07, 6.45) is 7.39. The molecule has 2 aliphatic rings. The van der Waals surface area contributed by atoms with Gasteiger partial charge in [0.2, 0.25) is 17.6 Å². The number of carbonyl (C=O) groups excluding carboxylic acids is 2. The van der Waals surface area contributed by atoms with E-state index in [-0.39, 0.29) is 11.8 Å². The van der Waals surface area contributed by atoms with Crippen molar-refractivity contribution < 1.29 is 28.5 Å². The van der Waals surface area contributed by atoms with Crippen LogP contribution in [-0.4, -0.2) is 110 Å². The molecule has 0 N–H and O–H groups in total. The molecule has 2 aromatic carbocycles. The maximum absolute atomic E-state index is 13.6. The molecule has 2 aliphatic heterocycles. The Balaban J connectivity index is 1.39. The molecule has 6 rings (SSSR count). The monoisotopic (exact) mass is 669 g/mol. The molecule has 2 fully saturated rings. The minimum atomic E-state index is -0.102. The van der Waals surface area contributed by atoms with E-state index in [2.05, 4.69) is 34.4 Å². The molecule has 2 saturated heterocycles. The van der Waals surface area contributed by atoms with Crippen molar-refractivity contribution in [3.63, 3.8) is 0 Å². The van der Waals surface area contributed by atoms with Crippen LogP contribution in [0.25, 0.3) is 33.6 Å². The van der Waals surface area contributed by atoms with Crippen molar-refractivity contribution >= 4 is 39.7 Å². The first-order valence-electron chi connectivity index (χ1n) is 17.1. The van der Waals surface area contributed by atoms with Gasteiger partial charge in [-0.1, -0.05) is 13.8 Å². The lowest BCUT2D eigenvalue weighted by Crippen LogP contribution is -2.51. The predicted molar refractivity (Wildman–Crippen MR) is 191 cm³/mol. The van der Waals surface area contributed by atoms with E-state index in [4.69, 9.17) is 18.9 Å². The number of aryl methyl sites for hydroxylation is 1. The number of carbonyl (C=O) groups is 2. The number of hydrogen-bond donors (Lipinski definition) is 0. The van der Waals surface area contributed by atoms with Crippen molar-refractivity contribution in [2.75, 3.05) is 73.7 Å². The van der Waals surface area contributed by atoms with E-state index < -0.39 is 0 Å². The summed E-state index contributed by atoms with van der Waals surface area (Å²) in [6, 6.07) is 10.00. The molecule has 0 atom stereocenters. The van der Waals surface area contributed by atoms with Gasteiger partial charge in [0.1, 0.15) is 11.4 Å². The number of rotatable bonds is 11. The maximum Gasteiger partial charge on any atom is 0.246 e. The number of piperazine rings is 1. The maximum atomic E-state index is 13.6. The molecule has 0 saturated carbocycles. The van der Waals surface area contributed by atoms with Crippen LogP contribution in [0.1, 0.15) is 37.9 Å². The Labute approximate surface area is 288 Å². The predicted octanol–water partition coefficient (Wildman–Crippen LogP) is 5.33. The minimum absolute atomic E-state index is 0.102. The highest BCUT2D eigenvalue weighted by Gasteiger charge is 2.27. The van der Waals surface area contributed by atoms with Crippen LogP contribution in [0, 0.1) is 12.8 Å². The number of amides is 2. The number of benzene rings is 2. The molecule has 0 spiro atoms. The van der Waals surface area contributed by atoms with Crippen LogP contribution in [0.2, 0.25) is 0 Å². The summed E-state index contributed by atoms with van der Waals surface area (Å²) < 4.78 is 26.0. The first kappa shape index (κ1) is 34.1. The lowest BCUT2D eigenvalue weighted by atomic mass is 10.1. The van der Waals surface area contributed by atoms with E-state index in [1.165, 1.54) is 0 Å². The number of hydrogen-bond acceptors (Lipinski definition) is 8. The number of fused-ring (bicyclic) bond motifs is 3. The fourth-order valence-corrected chi connectivity index (χ4v) is 6.86. The van der Waals surface area contributed by atoms with Crippen LogP contribution in [0.4, 0.5) is 0 Å². The number of ether oxygens (including phenoxy) is 4. The second-order valence-corrected chi connectivity index (χ2v) is 13.1. The van der Waals surface area contributed by atoms with Gasteiger partial charge >= 0.3 is 0 Å². The molecule has 0 unspecified atom stereocenters. The molecular formula is C38H47N5O6. The van der Waals surface area contributed by atoms with Crippen LogP contribution in [0.15, 0.2) is 42.6 Å². The zero-order chi connectivity index (χ0) is 34.7. The lowest BCUT2D eigenvalue weighted by molar-refractivity contribution is -0.132. The van der Waals surface area contributed by atoms with Crippen molar-refractivity contribution in [3.8, 4) is 28.7 Å². The average molecular weight is 670 g/mol. The number of nitrogens with zero attached hydrogens (tertiary/aromatic N) is 5. The third kappa shape index (κ3) is 6.90. The van der Waals surface area contributed by atoms with Crippen molar-refractivity contribution in [1.82, 2.24) is 24.3 Å². The molecule has 0 radical (unpaired) electrons. The van der Waals surface area contributed by atoms with Gasteiger partial charge in [0, 0.05) is 73.9 Å². The number of methoxy groups -OCH3 is 3. The Hall–Kier alpha value is -4.77. The van der Waals surface area contributed by atoms with Gasteiger partial charge in [-0.2, -0.15) is 0 Å². The first-order valence-corrected chi connectivity index (χ1v) is 17.1. The molecule has 11 nitrogen and oxygen atoms in total. The summed E-state index contributed by atoms with van der Waals surface area (Å²) >= 11 is 0. The van der Waals surface area contributed by atoms with E-state index in [0.717, 1.165) is 59.2 Å². The Bertz CT molecular complexity index is 1870. The zero-order valence-corrected chi connectivity index (χ0v) is 29.5. The van der Waals surface area contributed by atoms with Gasteiger partial charge in [0.25, 0.3) is 0 Å². The fraction of sp³-hybridized carbons (Fsp3) is 0.447. The standard InChI is InChI=1S/C38H47N5O6/c1-25(2)24-49-28-10-11-29-30-13-14-39-26(3)35(30)43(31(29)22-28)36-27(21-32(46-4)37(47-5)38(36)48-6)9-12-33(44)42-19-17-40(18-20-42)23-34(45)41-15-7-8-16-41/h9-14,21-22,25H,7-8,15-20,23-24H2,1-6H3/b12-9+. The molecule has 11 heteroatoms. The number of likely N-dealkylation sites (tertiary alicyclic amines) is 1. The zero-order valence-electron chi connectivity index (χ0n) is 29.5. The second kappa shape index (κ2) is 14.8. The summed E-state index contributed by atoms with van der Waals surface area (Å²) in [5, 5.41) is 2.06. The molecular weight excluding hydrogens is 622 g/mol. The number of pyridine rings is 1. The van der Waals surface area contributed by atoms with E-state index in [9.17, 15) is 9.59 Å². The van der Waals surface area contributed by atoms with Crippen LogP contribution in [0.5, 0.6) is 23.0 Å². The van der Waals surface area contributed by atoms with Gasteiger partial charge in [-0.3, -0.25) is 19.5 Å². The first-order chi connectivity index (χ1) is 23.7. The third-order valence-electron chi connectivity index (χ3n) is 9.38. The van der Waals surface area contributed by atoms with Crippen LogP contribution in [0.3, 0.4) is 0 Å². The lowest BCUT2D eigenvalue weighted by Gasteiger charge is -2.34. The smallest absolute Gasteiger partial charge is 0.246 e. The molecule has 4 aromatic rings. The van der Waals surface area contributed by atoms with Crippen molar-refractivity contribution in [2.24, 2.45) is 5.92 Å². The number of aromatic nitrogens is 2. The molecule has 0 bridgehead atoms. The van der Waals surface area contributed by atoms with E-state index >= 15 is 0 Å². The topological polar surface area (TPSA) is 98.6 Å². The highest BCUT2D eigenvalue weighted by atomic mass is 16.5. The van der Waals surface area contributed by atoms with Gasteiger partial charge in [-0.25, -0.2) is 0 Å². The van der Waals surface area contributed by atoms with Gasteiger partial charge < -0.3 is 33.3 Å². The third-order valence-corrected chi connectivity index (χ3v) is 9.38. The Morgan fingerprint density at radius 3 is 2.29 bits per heavy atom. The summed E-state index contributed by atoms with van der Waals surface area (Å²) in [4.78, 5) is 36.9. The normalized spacial score (nSPS) is 15.6. The highest BCUT2D eigenvalue weighted by Crippen LogP contribution is 2.47. The van der Waals surface area contributed by atoms with Crippen molar-refractivity contribution in [3.05, 3.63) is 53.9 Å². The Morgan fingerprint density at radius 1 is 0.878 bits per heavy atom. The largest absolute Gasteiger partial charge is 0.493 e. The molecule has 2 aromatic heterocycles. The highest BCUT2D eigenvalue weighted by molar-refractivity contribution is 6.11. The average Bonchev–Trinajstić information content (AvgIpc) is 3.77. The molecule has 0 aliphatic carbocycles. The minimum Gasteiger partial charge on any atom is -0.493 e. The summed E-state index contributed by atoms with van der Waals surface area (Å²) in [5.74, 6) is 2.57.